The number of primary amides is 1. The number of rotatable bonds is 5. The Morgan fingerprint density at radius 1 is 0.964 bits per heavy atom. The highest BCUT2D eigenvalue weighted by Gasteiger charge is 2.19. The van der Waals surface area contributed by atoms with E-state index in [1.54, 1.807) is 22.0 Å². The summed E-state index contributed by atoms with van der Waals surface area (Å²) in [5.41, 5.74) is 7.32. The molecule has 0 spiro atoms. The van der Waals surface area contributed by atoms with Crippen LogP contribution >= 0.6 is 0 Å². The molecule has 0 radical (unpaired) electrons. The van der Waals surface area contributed by atoms with E-state index in [0.29, 0.717) is 32.8 Å². The van der Waals surface area contributed by atoms with Gasteiger partial charge in [-0.2, -0.15) is 0 Å². The topological polar surface area (TPSA) is 75.9 Å². The van der Waals surface area contributed by atoms with Crippen LogP contribution in [-0.2, 0) is 11.4 Å². The zero-order valence-electron chi connectivity index (χ0n) is 15.8. The summed E-state index contributed by atoms with van der Waals surface area (Å²) in [7, 11) is 0. The molecule has 0 aliphatic carbocycles. The molecule has 1 aliphatic rings. The summed E-state index contributed by atoms with van der Waals surface area (Å²) in [6.07, 6.45) is 4.08. The number of amides is 3. The van der Waals surface area contributed by atoms with Crippen LogP contribution in [0.4, 0.5) is 4.79 Å². The van der Waals surface area contributed by atoms with Crippen molar-refractivity contribution in [3.8, 4) is 5.75 Å². The smallest absolute Gasteiger partial charge is 0.314 e. The van der Waals surface area contributed by atoms with Crippen molar-refractivity contribution in [2.24, 2.45) is 5.73 Å². The Morgan fingerprint density at radius 3 is 2.50 bits per heavy atom. The summed E-state index contributed by atoms with van der Waals surface area (Å²) in [5.74, 6) is 0.687. The lowest BCUT2D eigenvalue weighted by Crippen LogP contribution is -2.39. The Hall–Kier alpha value is -3.28. The molecule has 6 heteroatoms. The van der Waals surface area contributed by atoms with E-state index in [4.69, 9.17) is 10.5 Å². The van der Waals surface area contributed by atoms with Gasteiger partial charge in [-0.25, -0.2) is 4.79 Å². The first-order valence-electron chi connectivity index (χ1n) is 9.40. The van der Waals surface area contributed by atoms with E-state index in [2.05, 4.69) is 0 Å². The Morgan fingerprint density at radius 2 is 1.71 bits per heavy atom. The van der Waals surface area contributed by atoms with Crippen LogP contribution in [0.25, 0.3) is 6.08 Å². The molecule has 1 fully saturated rings. The summed E-state index contributed by atoms with van der Waals surface area (Å²) in [4.78, 5) is 27.1. The summed E-state index contributed by atoms with van der Waals surface area (Å²) >= 11 is 0. The van der Waals surface area contributed by atoms with E-state index in [0.717, 1.165) is 23.3 Å². The predicted molar refractivity (Wildman–Crippen MR) is 109 cm³/mol. The van der Waals surface area contributed by atoms with Crippen molar-refractivity contribution in [2.45, 2.75) is 13.0 Å². The first kappa shape index (κ1) is 19.5. The van der Waals surface area contributed by atoms with Crippen LogP contribution < -0.4 is 10.5 Å². The number of benzene rings is 2. The van der Waals surface area contributed by atoms with Crippen molar-refractivity contribution in [2.75, 3.05) is 26.2 Å². The Labute approximate surface area is 165 Å². The highest BCUT2D eigenvalue weighted by Crippen LogP contribution is 2.16. The molecule has 2 aromatic carbocycles. The minimum absolute atomic E-state index is 0.0677. The molecule has 0 aromatic heterocycles. The van der Waals surface area contributed by atoms with Gasteiger partial charge in [0.15, 0.2) is 0 Å². The third kappa shape index (κ3) is 5.61. The van der Waals surface area contributed by atoms with Crippen LogP contribution in [-0.4, -0.2) is 47.9 Å². The minimum Gasteiger partial charge on any atom is -0.489 e. The fourth-order valence-corrected chi connectivity index (χ4v) is 3.08. The van der Waals surface area contributed by atoms with Crippen LogP contribution in [0.3, 0.4) is 0 Å². The summed E-state index contributed by atoms with van der Waals surface area (Å²) in [5, 5.41) is 0. The highest BCUT2D eigenvalue weighted by atomic mass is 16.5. The molecule has 6 nitrogen and oxygen atoms in total. The first-order chi connectivity index (χ1) is 13.6. The molecule has 0 bridgehead atoms. The quantitative estimate of drug-likeness (QED) is 0.812. The Bertz CT molecular complexity index is 836. The summed E-state index contributed by atoms with van der Waals surface area (Å²) in [6.45, 7) is 2.66. The lowest BCUT2D eigenvalue weighted by Gasteiger charge is -2.19. The first-order valence-corrected chi connectivity index (χ1v) is 9.40. The summed E-state index contributed by atoms with van der Waals surface area (Å²) in [6, 6.07) is 17.2. The largest absolute Gasteiger partial charge is 0.489 e. The SMILES string of the molecule is NC(=O)N1CCCN(C(=O)C=Cc2cccc(OCc3ccccc3)c2)CC1. The van der Waals surface area contributed by atoms with Crippen molar-refractivity contribution < 1.29 is 14.3 Å². The van der Waals surface area contributed by atoms with E-state index in [-0.39, 0.29) is 5.91 Å². The van der Waals surface area contributed by atoms with E-state index in [1.165, 1.54) is 0 Å². The van der Waals surface area contributed by atoms with Gasteiger partial charge in [0.1, 0.15) is 12.4 Å². The van der Waals surface area contributed by atoms with E-state index >= 15 is 0 Å². The van der Waals surface area contributed by atoms with Crippen LogP contribution in [0.2, 0.25) is 0 Å². The molecule has 1 heterocycles. The molecule has 28 heavy (non-hydrogen) atoms. The molecular weight excluding hydrogens is 354 g/mol. The van der Waals surface area contributed by atoms with Gasteiger partial charge in [-0.15, -0.1) is 0 Å². The van der Waals surface area contributed by atoms with Gasteiger partial charge in [0.25, 0.3) is 0 Å². The van der Waals surface area contributed by atoms with Crippen LogP contribution in [0, 0.1) is 0 Å². The Kier molecular flexibility index (Phi) is 6.68. The van der Waals surface area contributed by atoms with Crippen molar-refractivity contribution in [3.63, 3.8) is 0 Å². The molecule has 0 saturated carbocycles. The normalized spacial score (nSPS) is 14.7. The molecule has 1 aliphatic heterocycles. The van der Waals surface area contributed by atoms with Gasteiger partial charge in [0.2, 0.25) is 5.91 Å². The summed E-state index contributed by atoms with van der Waals surface area (Å²) < 4.78 is 5.83. The second-order valence-electron chi connectivity index (χ2n) is 6.68. The average Bonchev–Trinajstić information content (AvgIpc) is 2.98. The van der Waals surface area contributed by atoms with Gasteiger partial charge in [-0.1, -0.05) is 42.5 Å². The van der Waals surface area contributed by atoms with E-state index in [1.807, 2.05) is 54.6 Å². The zero-order chi connectivity index (χ0) is 19.8. The number of urea groups is 1. The van der Waals surface area contributed by atoms with Crippen LogP contribution in [0.15, 0.2) is 60.7 Å². The van der Waals surface area contributed by atoms with E-state index < -0.39 is 6.03 Å². The molecule has 2 N–H and O–H groups in total. The maximum Gasteiger partial charge on any atom is 0.314 e. The molecular formula is C22H25N3O3. The molecule has 0 atom stereocenters. The third-order valence-corrected chi connectivity index (χ3v) is 4.64. The molecule has 3 amide bonds. The second-order valence-corrected chi connectivity index (χ2v) is 6.68. The number of carbonyl (C=O) groups excluding carboxylic acids is 2. The molecule has 3 rings (SSSR count). The number of ether oxygens (including phenoxy) is 1. The van der Waals surface area contributed by atoms with Gasteiger partial charge in [-0.3, -0.25) is 4.79 Å². The molecule has 2 aromatic rings. The Balaban J connectivity index is 1.56. The fourth-order valence-electron chi connectivity index (χ4n) is 3.08. The second kappa shape index (κ2) is 9.60. The molecule has 146 valence electrons. The molecule has 1 saturated heterocycles. The monoisotopic (exact) mass is 379 g/mol. The van der Waals surface area contributed by atoms with E-state index in [9.17, 15) is 9.59 Å². The number of nitrogens with two attached hydrogens (primary N) is 1. The van der Waals surface area contributed by atoms with Gasteiger partial charge in [0, 0.05) is 32.3 Å². The van der Waals surface area contributed by atoms with Gasteiger partial charge < -0.3 is 20.3 Å². The number of hydrogen-bond acceptors (Lipinski definition) is 3. The van der Waals surface area contributed by atoms with Crippen LogP contribution in [0.1, 0.15) is 17.5 Å². The standard InChI is InChI=1S/C22H25N3O3/c23-22(27)25-13-5-12-24(14-15-25)21(26)11-10-18-8-4-9-20(16-18)28-17-19-6-2-1-3-7-19/h1-4,6-11,16H,5,12-15,17H2,(H2,23,27). The fraction of sp³-hybridized carbons (Fsp3) is 0.273. The maximum atomic E-state index is 12.5. The van der Waals surface area contributed by atoms with Gasteiger partial charge >= 0.3 is 6.03 Å². The number of carbonyl (C=O) groups is 2. The minimum atomic E-state index is -0.433. The zero-order valence-corrected chi connectivity index (χ0v) is 15.8. The van der Waals surface area contributed by atoms with Gasteiger partial charge in [-0.05, 0) is 35.8 Å². The van der Waals surface area contributed by atoms with Crippen molar-refractivity contribution in [3.05, 3.63) is 71.8 Å². The number of nitrogens with zero attached hydrogens (tertiary/aromatic N) is 2. The lowest BCUT2D eigenvalue weighted by atomic mass is 10.2. The lowest BCUT2D eigenvalue weighted by molar-refractivity contribution is -0.125. The van der Waals surface area contributed by atoms with Gasteiger partial charge in [0.05, 0.1) is 0 Å². The predicted octanol–water partition coefficient (Wildman–Crippen LogP) is 2.89. The molecule has 0 unspecified atom stereocenters. The average molecular weight is 379 g/mol. The van der Waals surface area contributed by atoms with Crippen molar-refractivity contribution in [1.29, 1.82) is 0 Å². The van der Waals surface area contributed by atoms with Crippen LogP contribution in [0.5, 0.6) is 5.75 Å². The maximum absolute atomic E-state index is 12.5. The van der Waals surface area contributed by atoms with Crippen molar-refractivity contribution >= 4 is 18.0 Å². The third-order valence-electron chi connectivity index (χ3n) is 4.64. The number of hydrogen-bond donors (Lipinski definition) is 1. The highest BCUT2D eigenvalue weighted by molar-refractivity contribution is 5.91. The van der Waals surface area contributed by atoms with Crippen molar-refractivity contribution in [1.82, 2.24) is 9.80 Å².